The fourth-order valence-corrected chi connectivity index (χ4v) is 3.01. The third-order valence-electron chi connectivity index (χ3n) is 3.90. The molecule has 2 heterocycles. The Morgan fingerprint density at radius 2 is 1.78 bits per heavy atom. The Hall–Kier alpha value is -2.34. The number of fused-ring (bicyclic) bond motifs is 1. The lowest BCUT2D eigenvalue weighted by molar-refractivity contribution is 0.529. The van der Waals surface area contributed by atoms with Gasteiger partial charge < -0.3 is 0 Å². The molecule has 1 atom stereocenters. The van der Waals surface area contributed by atoms with Gasteiger partial charge in [-0.05, 0) is 35.4 Å². The Bertz CT molecular complexity index is 868. The van der Waals surface area contributed by atoms with Crippen LogP contribution in [0.25, 0.3) is 0 Å². The van der Waals surface area contributed by atoms with Crippen LogP contribution in [-0.4, -0.2) is 20.5 Å². The molecule has 0 spiro atoms. The molecule has 0 saturated carbocycles. The summed E-state index contributed by atoms with van der Waals surface area (Å²) in [6, 6.07) is 14.5. The molecule has 6 heteroatoms. The van der Waals surface area contributed by atoms with Crippen molar-refractivity contribution in [3.8, 4) is 0 Å². The average Bonchev–Trinajstić information content (AvgIpc) is 3.04. The summed E-state index contributed by atoms with van der Waals surface area (Å²) in [4.78, 5) is 8.84. The molecular formula is C17H12BrFN4. The van der Waals surface area contributed by atoms with Gasteiger partial charge in [-0.25, -0.2) is 14.1 Å². The van der Waals surface area contributed by atoms with Gasteiger partial charge in [-0.15, -0.1) is 0 Å². The van der Waals surface area contributed by atoms with Gasteiger partial charge in [-0.3, -0.25) is 0 Å². The summed E-state index contributed by atoms with van der Waals surface area (Å²) in [5.41, 5.74) is 2.99. The van der Waals surface area contributed by atoms with Crippen LogP contribution in [-0.2, 0) is 0 Å². The van der Waals surface area contributed by atoms with Crippen molar-refractivity contribution >= 4 is 27.6 Å². The van der Waals surface area contributed by atoms with E-state index >= 15 is 0 Å². The van der Waals surface area contributed by atoms with Crippen molar-refractivity contribution in [2.75, 3.05) is 0 Å². The van der Waals surface area contributed by atoms with E-state index in [1.165, 1.54) is 18.5 Å². The molecule has 0 radical (unpaired) electrons. The Labute approximate surface area is 140 Å². The molecule has 3 aromatic rings. The predicted molar refractivity (Wildman–Crippen MR) is 89.5 cm³/mol. The van der Waals surface area contributed by atoms with E-state index in [-0.39, 0.29) is 11.9 Å². The van der Waals surface area contributed by atoms with E-state index < -0.39 is 0 Å². The van der Waals surface area contributed by atoms with Crippen LogP contribution in [0.2, 0.25) is 0 Å². The van der Waals surface area contributed by atoms with Gasteiger partial charge in [-0.1, -0.05) is 40.2 Å². The quantitative estimate of drug-likeness (QED) is 0.674. The molecule has 1 aliphatic rings. The van der Waals surface area contributed by atoms with Crippen molar-refractivity contribution in [3.05, 3.63) is 76.3 Å². The highest BCUT2D eigenvalue weighted by Crippen LogP contribution is 2.32. The minimum absolute atomic E-state index is 0.0377. The number of aromatic nitrogens is 3. The molecule has 0 N–H and O–H groups in total. The number of halogens is 2. The lowest BCUT2D eigenvalue weighted by atomic mass is 9.96. The molecule has 4 rings (SSSR count). The van der Waals surface area contributed by atoms with Crippen LogP contribution >= 0.6 is 15.9 Å². The van der Waals surface area contributed by atoms with Gasteiger partial charge in [-0.2, -0.15) is 10.1 Å². The molecule has 0 saturated heterocycles. The molecule has 0 fully saturated rings. The zero-order valence-corrected chi connectivity index (χ0v) is 13.6. The van der Waals surface area contributed by atoms with E-state index in [9.17, 15) is 4.39 Å². The van der Waals surface area contributed by atoms with Crippen molar-refractivity contribution < 1.29 is 4.39 Å². The third kappa shape index (κ3) is 2.70. The molecule has 114 valence electrons. The van der Waals surface area contributed by atoms with E-state index in [1.807, 2.05) is 24.3 Å². The standard InChI is InChI=1S/C17H12BrFN4/c18-13-5-1-11(2-6-13)15-9-16(12-3-7-14(19)8-4-12)23-17(22-15)20-10-21-23/h1-8,10,16H,9H2. The van der Waals surface area contributed by atoms with Gasteiger partial charge in [0.1, 0.15) is 12.1 Å². The highest BCUT2D eigenvalue weighted by Gasteiger charge is 2.26. The van der Waals surface area contributed by atoms with Gasteiger partial charge in [0.25, 0.3) is 0 Å². The summed E-state index contributed by atoms with van der Waals surface area (Å²) in [7, 11) is 0. The smallest absolute Gasteiger partial charge is 0.222 e. The zero-order valence-electron chi connectivity index (χ0n) is 12.0. The summed E-state index contributed by atoms with van der Waals surface area (Å²) in [5.74, 6) is 0.327. The van der Waals surface area contributed by atoms with E-state index in [2.05, 4.69) is 31.0 Å². The number of nitrogens with zero attached hydrogens (tertiary/aromatic N) is 4. The molecule has 1 unspecified atom stereocenters. The molecule has 0 aliphatic carbocycles. The van der Waals surface area contributed by atoms with Crippen molar-refractivity contribution in [2.24, 2.45) is 4.99 Å². The summed E-state index contributed by atoms with van der Waals surface area (Å²) in [6.45, 7) is 0. The van der Waals surface area contributed by atoms with Crippen LogP contribution in [0.5, 0.6) is 0 Å². The Morgan fingerprint density at radius 1 is 1.04 bits per heavy atom. The van der Waals surface area contributed by atoms with Crippen LogP contribution < -0.4 is 0 Å². The highest BCUT2D eigenvalue weighted by atomic mass is 79.9. The minimum atomic E-state index is -0.245. The van der Waals surface area contributed by atoms with E-state index in [4.69, 9.17) is 0 Å². The topological polar surface area (TPSA) is 43.1 Å². The van der Waals surface area contributed by atoms with Crippen LogP contribution in [0.3, 0.4) is 0 Å². The molecule has 4 nitrogen and oxygen atoms in total. The van der Waals surface area contributed by atoms with Crippen molar-refractivity contribution in [3.63, 3.8) is 0 Å². The SMILES string of the molecule is Fc1ccc(C2CC(c3ccc(Br)cc3)=Nc3ncnn32)cc1. The molecule has 2 aromatic carbocycles. The van der Waals surface area contributed by atoms with E-state index in [0.717, 1.165) is 21.3 Å². The third-order valence-corrected chi connectivity index (χ3v) is 4.43. The number of hydrogen-bond acceptors (Lipinski definition) is 3. The van der Waals surface area contributed by atoms with Crippen LogP contribution in [0.4, 0.5) is 10.3 Å². The summed E-state index contributed by atoms with van der Waals surface area (Å²) in [5, 5.41) is 4.28. The van der Waals surface area contributed by atoms with Crippen molar-refractivity contribution in [2.45, 2.75) is 12.5 Å². The lowest BCUT2D eigenvalue weighted by Gasteiger charge is -2.23. The van der Waals surface area contributed by atoms with Gasteiger partial charge >= 0.3 is 0 Å². The van der Waals surface area contributed by atoms with Gasteiger partial charge in [0.2, 0.25) is 5.95 Å². The molecule has 1 aliphatic heterocycles. The maximum atomic E-state index is 13.2. The normalized spacial score (nSPS) is 16.8. The summed E-state index contributed by atoms with van der Waals surface area (Å²) < 4.78 is 16.0. The first kappa shape index (κ1) is 14.3. The highest BCUT2D eigenvalue weighted by molar-refractivity contribution is 9.10. The molecule has 23 heavy (non-hydrogen) atoms. The predicted octanol–water partition coefficient (Wildman–Crippen LogP) is 4.29. The zero-order chi connectivity index (χ0) is 15.8. The minimum Gasteiger partial charge on any atom is -0.222 e. The maximum absolute atomic E-state index is 13.2. The summed E-state index contributed by atoms with van der Waals surface area (Å²) in [6.07, 6.45) is 2.18. The maximum Gasteiger partial charge on any atom is 0.248 e. The molecule has 0 bridgehead atoms. The summed E-state index contributed by atoms with van der Waals surface area (Å²) >= 11 is 3.44. The number of rotatable bonds is 2. The van der Waals surface area contributed by atoms with Crippen LogP contribution in [0, 0.1) is 5.82 Å². The Kier molecular flexibility index (Phi) is 3.53. The second kappa shape index (κ2) is 5.70. The monoisotopic (exact) mass is 370 g/mol. The van der Waals surface area contributed by atoms with Gasteiger partial charge in [0.05, 0.1) is 11.8 Å². The van der Waals surface area contributed by atoms with Crippen molar-refractivity contribution in [1.29, 1.82) is 0 Å². The van der Waals surface area contributed by atoms with E-state index in [0.29, 0.717) is 12.4 Å². The van der Waals surface area contributed by atoms with Crippen molar-refractivity contribution in [1.82, 2.24) is 14.8 Å². The van der Waals surface area contributed by atoms with Crippen LogP contribution in [0.15, 0.2) is 64.3 Å². The Morgan fingerprint density at radius 3 is 2.52 bits per heavy atom. The average molecular weight is 371 g/mol. The molecular weight excluding hydrogens is 359 g/mol. The van der Waals surface area contributed by atoms with Gasteiger partial charge in [0, 0.05) is 10.9 Å². The number of aliphatic imine (C=N–C) groups is 1. The largest absolute Gasteiger partial charge is 0.248 e. The fraction of sp³-hybridized carbons (Fsp3) is 0.118. The second-order valence-electron chi connectivity index (χ2n) is 5.34. The number of benzene rings is 2. The molecule has 0 amide bonds. The van der Waals surface area contributed by atoms with E-state index in [1.54, 1.807) is 16.8 Å². The first-order valence-corrected chi connectivity index (χ1v) is 7.98. The number of hydrogen-bond donors (Lipinski definition) is 0. The Balaban J connectivity index is 1.77. The lowest BCUT2D eigenvalue weighted by Crippen LogP contribution is -2.21. The first-order chi connectivity index (χ1) is 11.2. The van der Waals surface area contributed by atoms with Gasteiger partial charge in [0.15, 0.2) is 0 Å². The fourth-order valence-electron chi connectivity index (χ4n) is 2.75. The first-order valence-electron chi connectivity index (χ1n) is 7.19. The molecule has 1 aromatic heterocycles. The second-order valence-corrected chi connectivity index (χ2v) is 6.26. The van der Waals surface area contributed by atoms with Crippen LogP contribution in [0.1, 0.15) is 23.6 Å².